The van der Waals surface area contributed by atoms with Crippen molar-refractivity contribution in [3.05, 3.63) is 59.6 Å². The van der Waals surface area contributed by atoms with E-state index in [4.69, 9.17) is 9.47 Å². The molecule has 110 valence electrons. The van der Waals surface area contributed by atoms with E-state index in [2.05, 4.69) is 4.98 Å². The van der Waals surface area contributed by atoms with Gasteiger partial charge in [0.25, 0.3) is 0 Å². The fourth-order valence-corrected chi connectivity index (χ4v) is 2.05. The zero-order valence-electron chi connectivity index (χ0n) is 11.9. The molecule has 2 aromatic rings. The standard InChI is InChI=1S/C17H13NO4/c1-2-16(19)21-12-5-6-13-14(9-12)22-15(17(13)20)8-11-4-3-7-18-10-11/h3-10H,2H2,1H3. The summed E-state index contributed by atoms with van der Waals surface area (Å²) in [6, 6.07) is 8.33. The monoisotopic (exact) mass is 295 g/mol. The number of esters is 1. The molecule has 3 rings (SSSR count). The van der Waals surface area contributed by atoms with Gasteiger partial charge in [0.2, 0.25) is 5.78 Å². The van der Waals surface area contributed by atoms with Crippen LogP contribution in [-0.2, 0) is 4.79 Å². The number of rotatable bonds is 3. The molecule has 0 saturated carbocycles. The largest absolute Gasteiger partial charge is 0.452 e. The maximum absolute atomic E-state index is 12.3. The molecule has 0 bridgehead atoms. The first-order chi connectivity index (χ1) is 10.7. The molecule has 22 heavy (non-hydrogen) atoms. The first-order valence-corrected chi connectivity index (χ1v) is 6.86. The van der Waals surface area contributed by atoms with Crippen LogP contribution in [0.5, 0.6) is 11.5 Å². The SMILES string of the molecule is CCC(=O)Oc1ccc2c(c1)OC(=Cc1cccnc1)C2=O. The number of carbonyl (C=O) groups is 2. The number of Topliss-reactive ketones (excluding diaryl/α,β-unsaturated/α-hetero) is 1. The minimum atomic E-state index is -0.338. The van der Waals surface area contributed by atoms with Gasteiger partial charge in [0.05, 0.1) is 5.56 Å². The van der Waals surface area contributed by atoms with Gasteiger partial charge in [-0.15, -0.1) is 0 Å². The van der Waals surface area contributed by atoms with Crippen molar-refractivity contribution in [1.82, 2.24) is 4.98 Å². The fourth-order valence-electron chi connectivity index (χ4n) is 2.05. The Bertz CT molecular complexity index is 765. The summed E-state index contributed by atoms with van der Waals surface area (Å²) in [6.07, 6.45) is 5.21. The second-order valence-electron chi connectivity index (χ2n) is 4.71. The summed E-state index contributed by atoms with van der Waals surface area (Å²) in [5.41, 5.74) is 1.22. The van der Waals surface area contributed by atoms with E-state index in [1.807, 2.05) is 6.07 Å². The van der Waals surface area contributed by atoms with Gasteiger partial charge in [0.15, 0.2) is 5.76 Å². The molecule has 5 heteroatoms. The van der Waals surface area contributed by atoms with Crippen LogP contribution in [0.3, 0.4) is 0 Å². The summed E-state index contributed by atoms with van der Waals surface area (Å²) in [6.45, 7) is 1.71. The van der Waals surface area contributed by atoms with Crippen molar-refractivity contribution in [1.29, 1.82) is 0 Å². The van der Waals surface area contributed by atoms with Crippen molar-refractivity contribution in [3.8, 4) is 11.5 Å². The molecule has 0 radical (unpaired) electrons. The van der Waals surface area contributed by atoms with E-state index < -0.39 is 0 Å². The van der Waals surface area contributed by atoms with Crippen LogP contribution >= 0.6 is 0 Å². The van der Waals surface area contributed by atoms with Gasteiger partial charge in [0, 0.05) is 24.9 Å². The van der Waals surface area contributed by atoms with Gasteiger partial charge in [-0.25, -0.2) is 0 Å². The normalized spacial score (nSPS) is 14.6. The van der Waals surface area contributed by atoms with Gasteiger partial charge in [-0.1, -0.05) is 13.0 Å². The summed E-state index contributed by atoms with van der Waals surface area (Å²) in [7, 11) is 0. The smallest absolute Gasteiger partial charge is 0.310 e. The number of ketones is 1. The van der Waals surface area contributed by atoms with Gasteiger partial charge < -0.3 is 9.47 Å². The average Bonchev–Trinajstić information content (AvgIpc) is 2.84. The molecule has 5 nitrogen and oxygen atoms in total. The van der Waals surface area contributed by atoms with E-state index in [-0.39, 0.29) is 23.9 Å². The van der Waals surface area contributed by atoms with Crippen LogP contribution in [0, 0.1) is 0 Å². The lowest BCUT2D eigenvalue weighted by Gasteiger charge is -2.03. The maximum atomic E-state index is 12.3. The van der Waals surface area contributed by atoms with E-state index in [0.29, 0.717) is 17.1 Å². The van der Waals surface area contributed by atoms with Crippen molar-refractivity contribution in [2.45, 2.75) is 13.3 Å². The summed E-state index contributed by atoms with van der Waals surface area (Å²) in [5, 5.41) is 0. The Kier molecular flexibility index (Phi) is 3.70. The molecule has 0 unspecified atom stereocenters. The van der Waals surface area contributed by atoms with Crippen LogP contribution in [0.15, 0.2) is 48.5 Å². The molecular formula is C17H13NO4. The number of hydrogen-bond donors (Lipinski definition) is 0. The number of nitrogens with zero attached hydrogens (tertiary/aromatic N) is 1. The maximum Gasteiger partial charge on any atom is 0.310 e. The van der Waals surface area contributed by atoms with Crippen molar-refractivity contribution >= 4 is 17.8 Å². The number of hydrogen-bond acceptors (Lipinski definition) is 5. The van der Waals surface area contributed by atoms with Crippen molar-refractivity contribution in [2.24, 2.45) is 0 Å². The summed E-state index contributed by atoms with van der Waals surface area (Å²) >= 11 is 0. The number of allylic oxidation sites excluding steroid dienone is 1. The van der Waals surface area contributed by atoms with E-state index in [1.54, 1.807) is 49.7 Å². The molecule has 1 aliphatic rings. The molecule has 0 fully saturated rings. The van der Waals surface area contributed by atoms with Crippen LogP contribution < -0.4 is 9.47 Å². The predicted octanol–water partition coefficient (Wildman–Crippen LogP) is 3.01. The number of ether oxygens (including phenoxy) is 2. The highest BCUT2D eigenvalue weighted by molar-refractivity contribution is 6.14. The number of benzene rings is 1. The van der Waals surface area contributed by atoms with E-state index in [0.717, 1.165) is 5.56 Å². The first kappa shape index (κ1) is 14.0. The highest BCUT2D eigenvalue weighted by Gasteiger charge is 2.27. The molecule has 0 atom stereocenters. The second kappa shape index (κ2) is 5.81. The Labute approximate surface area is 127 Å². The van der Waals surface area contributed by atoms with Crippen LogP contribution in [0.25, 0.3) is 6.08 Å². The lowest BCUT2D eigenvalue weighted by Crippen LogP contribution is -2.05. The van der Waals surface area contributed by atoms with Crippen LogP contribution in [0.1, 0.15) is 29.3 Å². The lowest BCUT2D eigenvalue weighted by atomic mass is 10.1. The summed E-state index contributed by atoms with van der Waals surface area (Å²) in [4.78, 5) is 27.6. The van der Waals surface area contributed by atoms with E-state index >= 15 is 0 Å². The third-order valence-corrected chi connectivity index (χ3v) is 3.14. The minimum Gasteiger partial charge on any atom is -0.452 e. The number of fused-ring (bicyclic) bond motifs is 1. The number of carbonyl (C=O) groups excluding carboxylic acids is 2. The Morgan fingerprint density at radius 2 is 2.23 bits per heavy atom. The first-order valence-electron chi connectivity index (χ1n) is 6.86. The average molecular weight is 295 g/mol. The molecule has 0 amide bonds. The molecule has 2 heterocycles. The minimum absolute atomic E-state index is 0.202. The van der Waals surface area contributed by atoms with Crippen LogP contribution in [0.2, 0.25) is 0 Å². The summed E-state index contributed by atoms with van der Waals surface area (Å²) in [5.74, 6) is 0.437. The van der Waals surface area contributed by atoms with E-state index in [9.17, 15) is 9.59 Å². The lowest BCUT2D eigenvalue weighted by molar-refractivity contribution is -0.134. The van der Waals surface area contributed by atoms with Gasteiger partial charge in [0.1, 0.15) is 11.5 Å². The van der Waals surface area contributed by atoms with E-state index in [1.165, 1.54) is 0 Å². The molecule has 1 aliphatic heterocycles. The summed E-state index contributed by atoms with van der Waals surface area (Å²) < 4.78 is 10.7. The molecule has 0 saturated heterocycles. The number of pyridine rings is 1. The molecule has 0 N–H and O–H groups in total. The highest BCUT2D eigenvalue weighted by Crippen LogP contribution is 2.34. The predicted molar refractivity (Wildman–Crippen MR) is 79.5 cm³/mol. The van der Waals surface area contributed by atoms with Gasteiger partial charge >= 0.3 is 5.97 Å². The van der Waals surface area contributed by atoms with Crippen LogP contribution in [-0.4, -0.2) is 16.7 Å². The number of aromatic nitrogens is 1. The van der Waals surface area contributed by atoms with Gasteiger partial charge in [-0.05, 0) is 29.8 Å². The Morgan fingerprint density at radius 1 is 1.36 bits per heavy atom. The Hall–Kier alpha value is -2.95. The van der Waals surface area contributed by atoms with Gasteiger partial charge in [-0.2, -0.15) is 0 Å². The van der Waals surface area contributed by atoms with Crippen molar-refractivity contribution in [3.63, 3.8) is 0 Å². The Balaban J connectivity index is 1.87. The molecule has 1 aromatic carbocycles. The molecule has 0 spiro atoms. The zero-order chi connectivity index (χ0) is 15.5. The third kappa shape index (κ3) is 2.74. The molecular weight excluding hydrogens is 282 g/mol. The van der Waals surface area contributed by atoms with Crippen molar-refractivity contribution < 1.29 is 19.1 Å². The fraction of sp³-hybridized carbons (Fsp3) is 0.118. The quantitative estimate of drug-likeness (QED) is 0.495. The van der Waals surface area contributed by atoms with Gasteiger partial charge in [-0.3, -0.25) is 14.6 Å². The highest BCUT2D eigenvalue weighted by atomic mass is 16.5. The zero-order valence-corrected chi connectivity index (χ0v) is 11.9. The third-order valence-electron chi connectivity index (χ3n) is 3.14. The molecule has 1 aromatic heterocycles. The molecule has 0 aliphatic carbocycles. The second-order valence-corrected chi connectivity index (χ2v) is 4.71. The van der Waals surface area contributed by atoms with Crippen molar-refractivity contribution in [2.75, 3.05) is 0 Å². The topological polar surface area (TPSA) is 65.5 Å². The Morgan fingerprint density at radius 3 is 2.95 bits per heavy atom. The van der Waals surface area contributed by atoms with Crippen LogP contribution in [0.4, 0.5) is 0 Å².